The number of hydrogen-bond donors (Lipinski definition) is 2. The van der Waals surface area contributed by atoms with Crippen molar-refractivity contribution in [2.24, 2.45) is 0 Å². The van der Waals surface area contributed by atoms with Crippen LogP contribution in [0, 0.1) is 11.6 Å². The van der Waals surface area contributed by atoms with Crippen LogP contribution >= 0.6 is 0 Å². The number of rotatable bonds is 6. The van der Waals surface area contributed by atoms with Crippen LogP contribution in [0.4, 0.5) is 14.5 Å². The molecule has 2 aromatic carbocycles. The largest absolute Gasteiger partial charge is 0.479 e. The van der Waals surface area contributed by atoms with E-state index in [4.69, 9.17) is 4.74 Å². The lowest BCUT2D eigenvalue weighted by molar-refractivity contribution is -0.129. The summed E-state index contributed by atoms with van der Waals surface area (Å²) in [5, 5.41) is 4.89. The first-order chi connectivity index (χ1) is 14.3. The molecule has 0 aliphatic carbocycles. The Labute approximate surface area is 172 Å². The third kappa shape index (κ3) is 4.40. The van der Waals surface area contributed by atoms with Gasteiger partial charge in [0, 0.05) is 20.0 Å². The molecule has 0 spiro atoms. The maximum Gasteiger partial charge on any atom is 0.267 e. The summed E-state index contributed by atoms with van der Waals surface area (Å²) in [5.74, 6) is -3.05. The maximum atomic E-state index is 13.6. The van der Waals surface area contributed by atoms with E-state index in [-0.39, 0.29) is 24.4 Å². The smallest absolute Gasteiger partial charge is 0.267 e. The SMILES string of the molecule is CNC(=O)C(NC(=O)CCN1C(=O)C(C)Oc2ccccc21)c1ccc(F)c(F)c1. The van der Waals surface area contributed by atoms with E-state index in [2.05, 4.69) is 10.6 Å². The van der Waals surface area contributed by atoms with Crippen LogP contribution in [-0.2, 0) is 14.4 Å². The van der Waals surface area contributed by atoms with Crippen molar-refractivity contribution in [1.82, 2.24) is 10.6 Å². The average molecular weight is 417 g/mol. The van der Waals surface area contributed by atoms with Crippen molar-refractivity contribution in [3.63, 3.8) is 0 Å². The monoisotopic (exact) mass is 417 g/mol. The predicted molar refractivity (Wildman–Crippen MR) is 105 cm³/mol. The zero-order valence-electron chi connectivity index (χ0n) is 16.4. The van der Waals surface area contributed by atoms with E-state index in [1.54, 1.807) is 31.2 Å². The number of para-hydroxylation sites is 2. The van der Waals surface area contributed by atoms with Gasteiger partial charge in [-0.2, -0.15) is 0 Å². The minimum Gasteiger partial charge on any atom is -0.479 e. The number of hydrogen-bond acceptors (Lipinski definition) is 4. The lowest BCUT2D eigenvalue weighted by Crippen LogP contribution is -2.46. The Kier molecular flexibility index (Phi) is 6.29. The van der Waals surface area contributed by atoms with Gasteiger partial charge < -0.3 is 20.3 Å². The fourth-order valence-corrected chi connectivity index (χ4v) is 3.17. The first-order valence-electron chi connectivity index (χ1n) is 9.34. The first kappa shape index (κ1) is 21.2. The minimum absolute atomic E-state index is 0.0631. The van der Waals surface area contributed by atoms with Gasteiger partial charge in [-0.05, 0) is 36.8 Å². The van der Waals surface area contributed by atoms with Crippen LogP contribution in [0.5, 0.6) is 5.75 Å². The Morgan fingerprint density at radius 2 is 1.90 bits per heavy atom. The molecule has 2 atom stereocenters. The van der Waals surface area contributed by atoms with Crippen LogP contribution in [0.1, 0.15) is 24.9 Å². The molecule has 0 aromatic heterocycles. The third-order valence-corrected chi connectivity index (χ3v) is 4.73. The minimum atomic E-state index is -1.20. The topological polar surface area (TPSA) is 87.7 Å². The summed E-state index contributed by atoms with van der Waals surface area (Å²) < 4.78 is 32.4. The Balaban J connectivity index is 1.72. The molecule has 9 heteroatoms. The number of nitrogens with zero attached hydrogens (tertiary/aromatic N) is 1. The number of amides is 3. The number of carbonyl (C=O) groups excluding carboxylic acids is 3. The molecular weight excluding hydrogens is 396 g/mol. The van der Waals surface area contributed by atoms with Gasteiger partial charge in [-0.15, -0.1) is 0 Å². The predicted octanol–water partition coefficient (Wildman–Crippen LogP) is 2.07. The van der Waals surface area contributed by atoms with Gasteiger partial charge >= 0.3 is 0 Å². The normalized spacial score (nSPS) is 16.3. The molecule has 0 bridgehead atoms. The van der Waals surface area contributed by atoms with Gasteiger partial charge in [0.1, 0.15) is 11.8 Å². The van der Waals surface area contributed by atoms with Gasteiger partial charge in [0.2, 0.25) is 11.8 Å². The standard InChI is InChI=1S/C21H21F2N3O4/c1-12-21(29)26(16-5-3-4-6-17(16)30-12)10-9-18(27)25-19(20(28)24-2)13-7-8-14(22)15(23)11-13/h3-8,11-12,19H,9-10H2,1-2H3,(H,24,28)(H,25,27). The maximum absolute atomic E-state index is 13.6. The van der Waals surface area contributed by atoms with Crippen LogP contribution in [0.25, 0.3) is 0 Å². The molecule has 1 aliphatic heterocycles. The van der Waals surface area contributed by atoms with Crippen molar-refractivity contribution in [3.05, 3.63) is 59.7 Å². The third-order valence-electron chi connectivity index (χ3n) is 4.73. The molecule has 0 radical (unpaired) electrons. The van der Waals surface area contributed by atoms with Gasteiger partial charge in [-0.3, -0.25) is 14.4 Å². The number of fused-ring (bicyclic) bond motifs is 1. The van der Waals surface area contributed by atoms with Gasteiger partial charge in [0.05, 0.1) is 5.69 Å². The second kappa shape index (κ2) is 8.89. The van der Waals surface area contributed by atoms with Crippen molar-refractivity contribution in [2.75, 3.05) is 18.5 Å². The zero-order valence-corrected chi connectivity index (χ0v) is 16.4. The van der Waals surface area contributed by atoms with Crippen molar-refractivity contribution in [2.45, 2.75) is 25.5 Å². The number of likely N-dealkylation sites (N-methyl/N-ethyl adjacent to an activating group) is 1. The molecule has 30 heavy (non-hydrogen) atoms. The fraction of sp³-hybridized carbons (Fsp3) is 0.286. The lowest BCUT2D eigenvalue weighted by atomic mass is 10.1. The van der Waals surface area contributed by atoms with Crippen molar-refractivity contribution in [3.8, 4) is 5.75 Å². The van der Waals surface area contributed by atoms with E-state index >= 15 is 0 Å². The summed E-state index contributed by atoms with van der Waals surface area (Å²) in [6, 6.07) is 8.75. The molecule has 2 N–H and O–H groups in total. The first-order valence-corrected chi connectivity index (χ1v) is 9.34. The van der Waals surface area contributed by atoms with E-state index in [1.807, 2.05) is 0 Å². The van der Waals surface area contributed by atoms with E-state index in [9.17, 15) is 23.2 Å². The van der Waals surface area contributed by atoms with Crippen LogP contribution in [-0.4, -0.2) is 37.4 Å². The number of ether oxygens (including phenoxy) is 1. The molecule has 2 unspecified atom stereocenters. The Morgan fingerprint density at radius 3 is 2.60 bits per heavy atom. The second-order valence-electron chi connectivity index (χ2n) is 6.76. The second-order valence-corrected chi connectivity index (χ2v) is 6.76. The molecule has 0 saturated heterocycles. The summed E-state index contributed by atoms with van der Waals surface area (Å²) in [6.07, 6.45) is -0.798. The van der Waals surface area contributed by atoms with Gasteiger partial charge in [0.25, 0.3) is 5.91 Å². The number of nitrogens with one attached hydrogen (secondary N) is 2. The van der Waals surface area contributed by atoms with Crippen LogP contribution < -0.4 is 20.3 Å². The van der Waals surface area contributed by atoms with Crippen molar-refractivity contribution >= 4 is 23.4 Å². The summed E-state index contributed by atoms with van der Waals surface area (Å²) in [6.45, 7) is 1.68. The molecule has 0 fully saturated rings. The van der Waals surface area contributed by atoms with Crippen molar-refractivity contribution in [1.29, 1.82) is 0 Å². The highest BCUT2D eigenvalue weighted by Crippen LogP contribution is 2.33. The van der Waals surface area contributed by atoms with Crippen LogP contribution in [0.15, 0.2) is 42.5 Å². The highest BCUT2D eigenvalue weighted by molar-refractivity contribution is 6.00. The molecule has 7 nitrogen and oxygen atoms in total. The molecule has 2 aromatic rings. The highest BCUT2D eigenvalue weighted by Gasteiger charge is 2.31. The van der Waals surface area contributed by atoms with Crippen molar-refractivity contribution < 1.29 is 27.9 Å². The summed E-state index contributed by atoms with van der Waals surface area (Å²) in [5.41, 5.74) is 0.653. The molecule has 0 saturated carbocycles. The van der Waals surface area contributed by atoms with E-state index in [0.29, 0.717) is 11.4 Å². The van der Waals surface area contributed by atoms with E-state index < -0.39 is 35.6 Å². The zero-order chi connectivity index (χ0) is 21.8. The van der Waals surface area contributed by atoms with Gasteiger partial charge in [0.15, 0.2) is 17.7 Å². The number of benzene rings is 2. The molecule has 3 amide bonds. The Bertz CT molecular complexity index is 982. The molecular formula is C21H21F2N3O4. The summed E-state index contributed by atoms with van der Waals surface area (Å²) in [4.78, 5) is 38.6. The summed E-state index contributed by atoms with van der Waals surface area (Å²) >= 11 is 0. The molecule has 1 aliphatic rings. The van der Waals surface area contributed by atoms with Crippen LogP contribution in [0.3, 0.4) is 0 Å². The van der Waals surface area contributed by atoms with Gasteiger partial charge in [-0.1, -0.05) is 18.2 Å². The van der Waals surface area contributed by atoms with Crippen LogP contribution in [0.2, 0.25) is 0 Å². The lowest BCUT2D eigenvalue weighted by Gasteiger charge is -2.33. The number of carbonyl (C=O) groups is 3. The fourth-order valence-electron chi connectivity index (χ4n) is 3.17. The van der Waals surface area contributed by atoms with E-state index in [0.717, 1.165) is 12.1 Å². The van der Waals surface area contributed by atoms with E-state index in [1.165, 1.54) is 18.0 Å². The molecule has 158 valence electrons. The average Bonchev–Trinajstić information content (AvgIpc) is 2.74. The molecule has 1 heterocycles. The summed E-state index contributed by atoms with van der Waals surface area (Å²) in [7, 11) is 1.37. The highest BCUT2D eigenvalue weighted by atomic mass is 19.2. The quantitative estimate of drug-likeness (QED) is 0.753. The Hall–Kier alpha value is -3.49. The number of anilines is 1. The Morgan fingerprint density at radius 1 is 1.17 bits per heavy atom. The van der Waals surface area contributed by atoms with Gasteiger partial charge in [-0.25, -0.2) is 8.78 Å². The molecule has 3 rings (SSSR count). The number of halogens is 2.